The topological polar surface area (TPSA) is 92.8 Å². The Morgan fingerprint density at radius 3 is 2.71 bits per heavy atom. The summed E-state index contributed by atoms with van der Waals surface area (Å²) < 4.78 is 5.71. The minimum atomic E-state index is -0.148. The molecule has 8 heteroatoms. The van der Waals surface area contributed by atoms with E-state index in [2.05, 4.69) is 20.3 Å². The molecule has 0 aliphatic rings. The third-order valence-electron chi connectivity index (χ3n) is 4.72. The number of aryl methyl sites for hydroxylation is 1. The summed E-state index contributed by atoms with van der Waals surface area (Å²) in [5.41, 5.74) is 3.27. The second kappa shape index (κ2) is 9.57. The standard InChI is InChI=1S/C23H22ClN5O2/c1-2-31-23-21(15-5-8-17(24)9-6-15)28-19-14-16(7-10-18(19)29-23)22(30)27-11-3-4-20-25-12-13-26-20/h5-10,12-14H,2-4,11H2,1H3,(H,25,26)(H,27,30). The van der Waals surface area contributed by atoms with E-state index in [0.717, 1.165) is 24.2 Å². The fraction of sp³-hybridized carbons (Fsp3) is 0.217. The number of aromatic amines is 1. The molecule has 0 spiro atoms. The average Bonchev–Trinajstić information content (AvgIpc) is 3.30. The predicted molar refractivity (Wildman–Crippen MR) is 120 cm³/mol. The Morgan fingerprint density at radius 1 is 1.13 bits per heavy atom. The number of fused-ring (bicyclic) bond motifs is 1. The maximum atomic E-state index is 12.6. The van der Waals surface area contributed by atoms with Gasteiger partial charge in [0.05, 0.1) is 17.6 Å². The third kappa shape index (κ3) is 5.00. The van der Waals surface area contributed by atoms with Crippen molar-refractivity contribution in [1.82, 2.24) is 25.3 Å². The zero-order valence-corrected chi connectivity index (χ0v) is 17.8. The number of halogens is 1. The number of imidazole rings is 1. The first-order valence-corrected chi connectivity index (χ1v) is 10.5. The lowest BCUT2D eigenvalue weighted by molar-refractivity contribution is 0.0953. The quantitative estimate of drug-likeness (QED) is 0.399. The van der Waals surface area contributed by atoms with E-state index in [0.29, 0.717) is 46.3 Å². The van der Waals surface area contributed by atoms with Gasteiger partial charge in [-0.2, -0.15) is 0 Å². The number of hydrogen-bond acceptors (Lipinski definition) is 5. The number of rotatable bonds is 8. The number of ether oxygens (including phenoxy) is 1. The van der Waals surface area contributed by atoms with Crippen LogP contribution in [0.5, 0.6) is 5.88 Å². The van der Waals surface area contributed by atoms with Gasteiger partial charge in [-0.15, -0.1) is 0 Å². The SMILES string of the molecule is CCOc1nc2ccc(C(=O)NCCCc3ncc[nH]3)cc2nc1-c1ccc(Cl)cc1. The number of aromatic nitrogens is 4. The van der Waals surface area contributed by atoms with E-state index in [1.807, 2.05) is 19.1 Å². The Labute approximate surface area is 184 Å². The molecule has 0 atom stereocenters. The molecule has 2 N–H and O–H groups in total. The largest absolute Gasteiger partial charge is 0.476 e. The highest BCUT2D eigenvalue weighted by Crippen LogP contribution is 2.30. The zero-order valence-electron chi connectivity index (χ0n) is 17.1. The van der Waals surface area contributed by atoms with E-state index in [1.54, 1.807) is 42.7 Å². The van der Waals surface area contributed by atoms with Crippen LogP contribution in [-0.2, 0) is 6.42 Å². The molecular formula is C23H22ClN5O2. The van der Waals surface area contributed by atoms with Crippen LogP contribution in [0.1, 0.15) is 29.5 Å². The van der Waals surface area contributed by atoms with Crippen molar-refractivity contribution >= 4 is 28.5 Å². The highest BCUT2D eigenvalue weighted by molar-refractivity contribution is 6.30. The molecule has 0 unspecified atom stereocenters. The van der Waals surface area contributed by atoms with Gasteiger partial charge in [-0.3, -0.25) is 4.79 Å². The zero-order chi connectivity index (χ0) is 21.6. The average molecular weight is 436 g/mol. The summed E-state index contributed by atoms with van der Waals surface area (Å²) in [6, 6.07) is 12.6. The van der Waals surface area contributed by atoms with Crippen molar-refractivity contribution in [2.24, 2.45) is 0 Å². The van der Waals surface area contributed by atoms with E-state index in [9.17, 15) is 4.79 Å². The molecule has 0 aliphatic heterocycles. The van der Waals surface area contributed by atoms with E-state index in [4.69, 9.17) is 21.3 Å². The van der Waals surface area contributed by atoms with Gasteiger partial charge < -0.3 is 15.0 Å². The van der Waals surface area contributed by atoms with E-state index in [1.165, 1.54) is 0 Å². The lowest BCUT2D eigenvalue weighted by atomic mass is 10.1. The summed E-state index contributed by atoms with van der Waals surface area (Å²) in [6.07, 6.45) is 5.09. The molecule has 0 aliphatic carbocycles. The summed E-state index contributed by atoms with van der Waals surface area (Å²) in [5, 5.41) is 3.58. The minimum Gasteiger partial charge on any atom is -0.476 e. The molecule has 1 amide bonds. The highest BCUT2D eigenvalue weighted by atomic mass is 35.5. The van der Waals surface area contributed by atoms with Gasteiger partial charge in [0.2, 0.25) is 5.88 Å². The van der Waals surface area contributed by atoms with Crippen LogP contribution in [0.25, 0.3) is 22.3 Å². The molecule has 2 aromatic heterocycles. The van der Waals surface area contributed by atoms with Crippen LogP contribution in [0.2, 0.25) is 5.02 Å². The second-order valence-electron chi connectivity index (χ2n) is 6.92. The first-order chi connectivity index (χ1) is 15.1. The van der Waals surface area contributed by atoms with Crippen LogP contribution < -0.4 is 10.1 Å². The van der Waals surface area contributed by atoms with Crippen molar-refractivity contribution in [1.29, 1.82) is 0 Å². The molecule has 2 aromatic carbocycles. The fourth-order valence-corrected chi connectivity index (χ4v) is 3.33. The maximum Gasteiger partial charge on any atom is 0.251 e. The van der Waals surface area contributed by atoms with E-state index in [-0.39, 0.29) is 5.91 Å². The van der Waals surface area contributed by atoms with Gasteiger partial charge in [-0.25, -0.2) is 15.0 Å². The number of benzene rings is 2. The molecule has 0 saturated heterocycles. The summed E-state index contributed by atoms with van der Waals surface area (Å²) in [7, 11) is 0. The van der Waals surface area contributed by atoms with Crippen molar-refractivity contribution in [2.75, 3.05) is 13.2 Å². The second-order valence-corrected chi connectivity index (χ2v) is 7.35. The molecule has 2 heterocycles. The molecule has 158 valence electrons. The number of carbonyl (C=O) groups is 1. The summed E-state index contributed by atoms with van der Waals surface area (Å²) in [6.45, 7) is 2.93. The molecule has 7 nitrogen and oxygen atoms in total. The van der Waals surface area contributed by atoms with Crippen molar-refractivity contribution in [2.45, 2.75) is 19.8 Å². The lowest BCUT2D eigenvalue weighted by Gasteiger charge is -2.11. The summed E-state index contributed by atoms with van der Waals surface area (Å²) in [4.78, 5) is 29.2. The smallest absolute Gasteiger partial charge is 0.251 e. The first kappa shape index (κ1) is 20.8. The van der Waals surface area contributed by atoms with Crippen LogP contribution in [0.15, 0.2) is 54.9 Å². The van der Waals surface area contributed by atoms with Gasteiger partial charge in [-0.1, -0.05) is 23.7 Å². The van der Waals surface area contributed by atoms with Gasteiger partial charge in [0.1, 0.15) is 11.5 Å². The van der Waals surface area contributed by atoms with Crippen molar-refractivity contribution in [3.63, 3.8) is 0 Å². The summed E-state index contributed by atoms with van der Waals surface area (Å²) >= 11 is 6.01. The first-order valence-electron chi connectivity index (χ1n) is 10.1. The normalized spacial score (nSPS) is 10.9. The highest BCUT2D eigenvalue weighted by Gasteiger charge is 2.14. The van der Waals surface area contributed by atoms with Gasteiger partial charge in [0, 0.05) is 41.5 Å². The maximum absolute atomic E-state index is 12.6. The Balaban J connectivity index is 1.54. The number of carbonyl (C=O) groups excluding carboxylic acids is 1. The number of amides is 1. The monoisotopic (exact) mass is 435 g/mol. The number of H-pyrrole nitrogens is 1. The molecule has 0 bridgehead atoms. The van der Waals surface area contributed by atoms with Crippen molar-refractivity contribution in [3.8, 4) is 17.1 Å². The van der Waals surface area contributed by atoms with Crippen LogP contribution in [0, 0.1) is 0 Å². The molecule has 0 fully saturated rings. The molecule has 4 rings (SSSR count). The molecular weight excluding hydrogens is 414 g/mol. The lowest BCUT2D eigenvalue weighted by Crippen LogP contribution is -2.24. The Hall–Kier alpha value is -3.45. The number of hydrogen-bond donors (Lipinski definition) is 2. The molecule has 4 aromatic rings. The van der Waals surface area contributed by atoms with Crippen LogP contribution >= 0.6 is 11.6 Å². The Kier molecular flexibility index (Phi) is 6.43. The van der Waals surface area contributed by atoms with Gasteiger partial charge in [0.25, 0.3) is 5.91 Å². The van der Waals surface area contributed by atoms with Crippen molar-refractivity contribution in [3.05, 3.63) is 71.3 Å². The summed E-state index contributed by atoms with van der Waals surface area (Å²) in [5.74, 6) is 1.22. The fourth-order valence-electron chi connectivity index (χ4n) is 3.21. The van der Waals surface area contributed by atoms with Gasteiger partial charge in [0.15, 0.2) is 0 Å². The van der Waals surface area contributed by atoms with Gasteiger partial charge in [-0.05, 0) is 43.7 Å². The predicted octanol–water partition coefficient (Wildman–Crippen LogP) is 4.43. The molecule has 0 saturated carbocycles. The molecule has 31 heavy (non-hydrogen) atoms. The van der Waals surface area contributed by atoms with Crippen LogP contribution in [-0.4, -0.2) is 39.0 Å². The number of nitrogens with zero attached hydrogens (tertiary/aromatic N) is 3. The minimum absolute atomic E-state index is 0.148. The Bertz CT molecular complexity index is 1180. The van der Waals surface area contributed by atoms with Crippen molar-refractivity contribution < 1.29 is 9.53 Å². The molecule has 0 radical (unpaired) electrons. The Morgan fingerprint density at radius 2 is 1.97 bits per heavy atom. The van der Waals surface area contributed by atoms with Crippen LogP contribution in [0.3, 0.4) is 0 Å². The van der Waals surface area contributed by atoms with E-state index >= 15 is 0 Å². The third-order valence-corrected chi connectivity index (χ3v) is 4.98. The van der Waals surface area contributed by atoms with Crippen LogP contribution in [0.4, 0.5) is 0 Å². The van der Waals surface area contributed by atoms with Gasteiger partial charge >= 0.3 is 0 Å². The number of nitrogens with one attached hydrogen (secondary N) is 2. The van der Waals surface area contributed by atoms with E-state index < -0.39 is 0 Å².